The normalized spacial score (nSPS) is 9.81. The van der Waals surface area contributed by atoms with Gasteiger partial charge in [-0.3, -0.25) is 0 Å². The first-order chi connectivity index (χ1) is 19.9. The van der Waals surface area contributed by atoms with Crippen molar-refractivity contribution < 1.29 is 24.9 Å². The first-order valence-corrected chi connectivity index (χ1v) is 14.2. The molecule has 4 aromatic carbocycles. The molecule has 1 heterocycles. The van der Waals surface area contributed by atoms with E-state index in [9.17, 15) is 10.2 Å². The Hall–Kier alpha value is -2.01. The number of benzene rings is 4. The molecule has 0 saturated heterocycles. The Balaban J connectivity index is 0.000000237. The predicted molar refractivity (Wildman–Crippen MR) is 179 cm³/mol. The van der Waals surface area contributed by atoms with Gasteiger partial charge in [-0.25, -0.2) is 0 Å². The third kappa shape index (κ3) is 12.1. The zero-order valence-corrected chi connectivity index (χ0v) is 26.4. The fourth-order valence-electron chi connectivity index (χ4n) is 2.93. The number of rotatable bonds is 4. The minimum absolute atomic E-state index is 0. The number of aromatic hydroxyl groups is 2. The van der Waals surface area contributed by atoms with Crippen LogP contribution in [0.15, 0.2) is 97.2 Å². The number of phenols is 2. The topological polar surface area (TPSA) is 84.1 Å². The van der Waals surface area contributed by atoms with Gasteiger partial charge in [-0.05, 0) is 72.8 Å². The fourth-order valence-corrected chi connectivity index (χ4v) is 4.29. The first-order valence-electron chi connectivity index (χ1n) is 11.5. The number of ether oxygens (including phenoxy) is 2. The van der Waals surface area contributed by atoms with Gasteiger partial charge in [0.25, 0.3) is 0 Å². The number of hydrogen-bond donors (Lipinski definition) is 3. The minimum atomic E-state index is -0.0523. The molecule has 0 spiro atoms. The Kier molecular flexibility index (Phi) is 15.6. The summed E-state index contributed by atoms with van der Waals surface area (Å²) in [7, 11) is 0. The molecular weight excluding hydrogens is 710 g/mol. The van der Waals surface area contributed by atoms with E-state index in [-0.39, 0.29) is 52.6 Å². The summed E-state index contributed by atoms with van der Waals surface area (Å²) in [5, 5.41) is 30.6. The molecule has 0 radical (unpaired) electrons. The molecule has 0 unspecified atom stereocenters. The van der Waals surface area contributed by atoms with Crippen LogP contribution in [-0.4, -0.2) is 49.7 Å². The predicted octanol–water partition coefficient (Wildman–Crippen LogP) is 11.1. The molecule has 0 aliphatic carbocycles. The fraction of sp³-hybridized carbons (Fsp3) is 0. The van der Waals surface area contributed by atoms with Crippen LogP contribution in [-0.2, 0) is 0 Å². The molecular formula is C29H20Cl6NNaO5S. The van der Waals surface area contributed by atoms with Crippen LogP contribution in [0.1, 0.15) is 0 Å². The van der Waals surface area contributed by atoms with Crippen molar-refractivity contribution in [3.63, 3.8) is 0 Å². The van der Waals surface area contributed by atoms with Crippen molar-refractivity contribution >= 4 is 111 Å². The average molecular weight is 730 g/mol. The Morgan fingerprint density at radius 2 is 0.907 bits per heavy atom. The van der Waals surface area contributed by atoms with E-state index >= 15 is 0 Å². The molecule has 0 amide bonds. The molecule has 0 aliphatic rings. The van der Waals surface area contributed by atoms with Crippen molar-refractivity contribution in [1.82, 2.24) is 4.73 Å². The van der Waals surface area contributed by atoms with Gasteiger partial charge in [0.15, 0.2) is 23.0 Å². The Bertz CT molecular complexity index is 1540. The molecule has 220 valence electrons. The van der Waals surface area contributed by atoms with Crippen LogP contribution in [0, 0.1) is 4.64 Å². The van der Waals surface area contributed by atoms with Gasteiger partial charge in [-0.2, -0.15) is 4.73 Å². The molecule has 0 fully saturated rings. The van der Waals surface area contributed by atoms with E-state index in [2.05, 4.69) is 12.2 Å². The van der Waals surface area contributed by atoms with Gasteiger partial charge in [0.1, 0.15) is 16.1 Å². The second-order valence-electron chi connectivity index (χ2n) is 7.96. The van der Waals surface area contributed by atoms with E-state index in [4.69, 9.17) is 84.3 Å². The molecule has 14 heteroatoms. The van der Waals surface area contributed by atoms with Gasteiger partial charge in [-0.15, -0.1) is 0 Å². The Labute approximate surface area is 304 Å². The number of halogens is 6. The third-order valence-corrected chi connectivity index (χ3v) is 6.73. The van der Waals surface area contributed by atoms with Gasteiger partial charge < -0.3 is 24.9 Å². The number of pyridine rings is 1. The summed E-state index contributed by atoms with van der Waals surface area (Å²) in [6.07, 6.45) is 1.49. The van der Waals surface area contributed by atoms with Gasteiger partial charge >= 0.3 is 29.6 Å². The van der Waals surface area contributed by atoms with Crippen LogP contribution in [0.5, 0.6) is 34.5 Å². The maximum absolute atomic E-state index is 9.62. The molecule has 0 aliphatic heterocycles. The first kappa shape index (κ1) is 37.2. The van der Waals surface area contributed by atoms with Crippen molar-refractivity contribution in [3.05, 3.63) is 132 Å². The Morgan fingerprint density at radius 3 is 1.21 bits per heavy atom. The standard InChI is InChI=1S/2C12H7Cl3O2.C5H5NOS.Na.H/c2*13-7-1-3-11(9(15)5-7)17-12-4-2-8(14)6-10(12)16;7-6-4-2-1-3-5(6)8;;/h2*1-6,16H;1-4,7H;;. The van der Waals surface area contributed by atoms with E-state index in [1.165, 1.54) is 18.3 Å². The van der Waals surface area contributed by atoms with E-state index in [0.717, 1.165) is 4.73 Å². The zero-order valence-electron chi connectivity index (χ0n) is 21.0. The summed E-state index contributed by atoms with van der Waals surface area (Å²) in [5.41, 5.74) is 0. The van der Waals surface area contributed by atoms with E-state index in [1.54, 1.807) is 78.9 Å². The van der Waals surface area contributed by atoms with Crippen LogP contribution >= 0.6 is 81.8 Å². The Morgan fingerprint density at radius 1 is 0.535 bits per heavy atom. The summed E-state index contributed by atoms with van der Waals surface area (Å²) in [5.74, 6) is 1.27. The van der Waals surface area contributed by atoms with Gasteiger partial charge in [0, 0.05) is 38.4 Å². The molecule has 0 saturated carbocycles. The van der Waals surface area contributed by atoms with E-state index < -0.39 is 0 Å². The molecule has 1 aromatic heterocycles. The van der Waals surface area contributed by atoms with Crippen LogP contribution in [0.3, 0.4) is 0 Å². The van der Waals surface area contributed by atoms with E-state index in [1.807, 2.05) is 0 Å². The van der Waals surface area contributed by atoms with Gasteiger partial charge in [-0.1, -0.05) is 87.9 Å². The molecule has 5 rings (SSSR count). The summed E-state index contributed by atoms with van der Waals surface area (Å²) in [6, 6.07) is 23.9. The monoisotopic (exact) mass is 727 g/mol. The summed E-state index contributed by atoms with van der Waals surface area (Å²) in [6.45, 7) is 0. The number of nitrogens with zero attached hydrogens (tertiary/aromatic N) is 1. The summed E-state index contributed by atoms with van der Waals surface area (Å²) >= 11 is 39.5. The molecule has 6 nitrogen and oxygen atoms in total. The van der Waals surface area contributed by atoms with Crippen LogP contribution in [0.4, 0.5) is 0 Å². The van der Waals surface area contributed by atoms with Gasteiger partial charge in [0.2, 0.25) is 0 Å². The maximum atomic E-state index is 9.62. The van der Waals surface area contributed by atoms with E-state index in [0.29, 0.717) is 46.3 Å². The molecule has 5 aromatic rings. The van der Waals surface area contributed by atoms with Crippen LogP contribution in [0.25, 0.3) is 0 Å². The molecule has 3 N–H and O–H groups in total. The number of hydrogen-bond acceptors (Lipinski definition) is 6. The van der Waals surface area contributed by atoms with Gasteiger partial charge in [0.05, 0.1) is 10.0 Å². The van der Waals surface area contributed by atoms with Crippen molar-refractivity contribution in [2.24, 2.45) is 0 Å². The van der Waals surface area contributed by atoms with Crippen molar-refractivity contribution in [1.29, 1.82) is 0 Å². The van der Waals surface area contributed by atoms with Crippen LogP contribution < -0.4 is 9.47 Å². The van der Waals surface area contributed by atoms with Crippen molar-refractivity contribution in [2.75, 3.05) is 0 Å². The molecule has 0 bridgehead atoms. The van der Waals surface area contributed by atoms with Crippen LogP contribution in [0.2, 0.25) is 30.1 Å². The summed E-state index contributed by atoms with van der Waals surface area (Å²) < 4.78 is 12.2. The SMILES string of the molecule is Oc1cc(Cl)ccc1Oc1ccc(Cl)cc1Cl.Oc1cc(Cl)ccc1Oc1ccc(Cl)cc1Cl.On1ccccc1=S.[NaH]. The zero-order chi connectivity index (χ0) is 30.8. The second-order valence-corrected chi connectivity index (χ2v) is 10.9. The summed E-state index contributed by atoms with van der Waals surface area (Å²) in [4.78, 5) is 0. The van der Waals surface area contributed by atoms with Crippen molar-refractivity contribution in [3.8, 4) is 34.5 Å². The number of phenolic OH excluding ortho intramolecular Hbond substituents is 2. The second kappa shape index (κ2) is 18.1. The molecule has 0 atom stereocenters. The third-order valence-electron chi connectivity index (χ3n) is 4.87. The average Bonchev–Trinajstić information content (AvgIpc) is 2.92. The quantitative estimate of drug-likeness (QED) is 0.0970. The van der Waals surface area contributed by atoms with Crippen molar-refractivity contribution in [2.45, 2.75) is 0 Å². The molecule has 43 heavy (non-hydrogen) atoms. The number of aromatic nitrogens is 1.